The number of nitrogens with zero attached hydrogens (tertiary/aromatic N) is 4. The van der Waals surface area contributed by atoms with Crippen molar-refractivity contribution in [3.8, 4) is 5.69 Å². The maximum atomic E-state index is 14.0. The van der Waals surface area contributed by atoms with Crippen molar-refractivity contribution in [1.29, 1.82) is 0 Å². The number of benzene rings is 1. The van der Waals surface area contributed by atoms with E-state index in [4.69, 9.17) is 11.6 Å². The molecule has 0 fully saturated rings. The molecular weight excluding hydrogens is 377 g/mol. The molecule has 0 saturated carbocycles. The normalized spacial score (nSPS) is 10.5. The molecule has 26 heavy (non-hydrogen) atoms. The third kappa shape index (κ3) is 3.40. The molecule has 138 valence electrons. The second-order valence-corrected chi connectivity index (χ2v) is 5.45. The van der Waals surface area contributed by atoms with Gasteiger partial charge < -0.3 is 0 Å². The monoisotopic (exact) mass is 388 g/mol. The van der Waals surface area contributed by atoms with Crippen molar-refractivity contribution < 1.29 is 13.2 Å². The third-order valence-corrected chi connectivity index (χ3v) is 3.86. The molecule has 0 aliphatic rings. The van der Waals surface area contributed by atoms with Gasteiger partial charge in [-0.2, -0.15) is 9.37 Å². The van der Waals surface area contributed by atoms with E-state index in [1.54, 1.807) is 19.1 Å². The molecule has 2 heterocycles. The lowest BCUT2D eigenvalue weighted by Crippen LogP contribution is -2.41. The molecule has 11 heteroatoms. The molecule has 0 N–H and O–H groups in total. The molecule has 0 radical (unpaired) electrons. The summed E-state index contributed by atoms with van der Waals surface area (Å²) in [6.07, 6.45) is 0. The third-order valence-electron chi connectivity index (χ3n) is 3.44. The highest BCUT2D eigenvalue weighted by Crippen LogP contribution is 2.18. The molecule has 0 unspecified atom stereocenters. The largest absolute Gasteiger partial charge is 0.354 e. The number of fused-ring (bicyclic) bond motifs is 1. The lowest BCUT2D eigenvalue weighted by atomic mass is 10.2. The molecule has 2 aromatic heterocycles. The van der Waals surface area contributed by atoms with Crippen molar-refractivity contribution >= 4 is 17.4 Å². The fraction of sp³-hybridized carbons (Fsp3) is 0.200. The molecule has 3 rings (SSSR count). The van der Waals surface area contributed by atoms with Crippen LogP contribution in [-0.4, -0.2) is 25.4 Å². The summed E-state index contributed by atoms with van der Waals surface area (Å²) < 4.78 is 35.5. The van der Waals surface area contributed by atoms with Gasteiger partial charge in [-0.15, -0.1) is 0 Å². The van der Waals surface area contributed by atoms with E-state index in [1.807, 2.05) is 0 Å². The summed E-state index contributed by atoms with van der Waals surface area (Å²) in [7, 11) is 1.17. The summed E-state index contributed by atoms with van der Waals surface area (Å²) in [5.41, 5.74) is -1.60. The van der Waals surface area contributed by atoms with Gasteiger partial charge in [0, 0.05) is 12.1 Å². The molecule has 3 aromatic rings. The zero-order chi connectivity index (χ0) is 19.6. The van der Waals surface area contributed by atoms with Crippen LogP contribution in [-0.2, 0) is 7.05 Å². The zero-order valence-corrected chi connectivity index (χ0v) is 14.3. The Labute approximate surface area is 148 Å². The van der Waals surface area contributed by atoms with E-state index in [2.05, 4.69) is 4.98 Å². The Morgan fingerprint density at radius 3 is 2.35 bits per heavy atom. The zero-order valence-electron chi connectivity index (χ0n) is 13.5. The molecule has 1 aromatic carbocycles. The number of halogens is 4. The van der Waals surface area contributed by atoms with Crippen LogP contribution in [0, 0.1) is 12.9 Å². The van der Waals surface area contributed by atoms with Gasteiger partial charge in [0.05, 0.1) is 11.8 Å². The van der Waals surface area contributed by atoms with Crippen molar-refractivity contribution in [3.05, 3.63) is 72.1 Å². The van der Waals surface area contributed by atoms with Crippen LogP contribution in [0.1, 0.15) is 5.56 Å². The van der Waals surface area contributed by atoms with Gasteiger partial charge in [0.2, 0.25) is 18.7 Å². The van der Waals surface area contributed by atoms with Crippen LogP contribution in [0.5, 0.6) is 0 Å². The summed E-state index contributed by atoms with van der Waals surface area (Å²) in [5.74, 6) is -1.50. The SMILES string of the molecule is Cc1cc(-n2c(=O)cc(F)n3c(=O)n(C)c(=O)nc23)ccc1Cl.FCF. The molecular formula is C15H12ClF3N4O3. The standard InChI is InChI=1S/C14H10ClFN4O3.CH2F2/c1-7-5-8(3-4-9(7)15)19-11(21)6-10(16)20-12(19)17-13(22)18(2)14(20)23;2-1-3/h3-6H,1-2H3;1H2. The second-order valence-electron chi connectivity index (χ2n) is 5.05. The number of hydrogen-bond acceptors (Lipinski definition) is 4. The van der Waals surface area contributed by atoms with Crippen LogP contribution in [0.3, 0.4) is 0 Å². The maximum Gasteiger partial charge on any atom is 0.354 e. The highest BCUT2D eigenvalue weighted by atomic mass is 35.5. The Kier molecular flexibility index (Phi) is 5.66. The smallest absolute Gasteiger partial charge is 0.269 e. The first kappa shape index (κ1) is 19.4. The van der Waals surface area contributed by atoms with Crippen LogP contribution < -0.4 is 16.9 Å². The van der Waals surface area contributed by atoms with E-state index in [0.717, 1.165) is 4.57 Å². The number of rotatable bonds is 1. The van der Waals surface area contributed by atoms with Crippen molar-refractivity contribution in [2.24, 2.45) is 7.05 Å². The topological polar surface area (TPSA) is 78.4 Å². The predicted octanol–water partition coefficient (Wildman–Crippen LogP) is 1.53. The molecule has 0 aliphatic heterocycles. The summed E-state index contributed by atoms with van der Waals surface area (Å²) in [4.78, 5) is 39.7. The highest BCUT2D eigenvalue weighted by Gasteiger charge is 2.16. The van der Waals surface area contributed by atoms with Crippen molar-refractivity contribution in [1.82, 2.24) is 18.5 Å². The van der Waals surface area contributed by atoms with E-state index in [1.165, 1.54) is 13.1 Å². The molecule has 0 spiro atoms. The minimum atomic E-state index is -1.75. The minimum absolute atomic E-state index is 0.314. The van der Waals surface area contributed by atoms with Crippen LogP contribution in [0.2, 0.25) is 5.02 Å². The van der Waals surface area contributed by atoms with Gasteiger partial charge in [0.1, 0.15) is 0 Å². The Hall–Kier alpha value is -2.88. The molecule has 0 amide bonds. The molecule has 0 atom stereocenters. The average molecular weight is 389 g/mol. The highest BCUT2D eigenvalue weighted by molar-refractivity contribution is 6.31. The fourth-order valence-electron chi connectivity index (χ4n) is 2.21. The first-order valence-corrected chi connectivity index (χ1v) is 7.40. The van der Waals surface area contributed by atoms with Gasteiger partial charge in [-0.25, -0.2) is 31.9 Å². The van der Waals surface area contributed by atoms with E-state index in [-0.39, 0.29) is 0 Å². The molecule has 0 saturated heterocycles. The van der Waals surface area contributed by atoms with E-state index in [0.29, 0.717) is 31.3 Å². The van der Waals surface area contributed by atoms with Gasteiger partial charge in [-0.05, 0) is 30.7 Å². The lowest BCUT2D eigenvalue weighted by Gasteiger charge is -2.12. The number of hydrogen-bond donors (Lipinski definition) is 0. The maximum absolute atomic E-state index is 14.0. The summed E-state index contributed by atoms with van der Waals surface area (Å²) in [5, 5.41) is 0.481. The Morgan fingerprint density at radius 1 is 1.15 bits per heavy atom. The lowest BCUT2D eigenvalue weighted by molar-refractivity contribution is 0.295. The fourth-order valence-corrected chi connectivity index (χ4v) is 2.32. The number of aromatic nitrogens is 4. The van der Waals surface area contributed by atoms with Crippen LogP contribution in [0.15, 0.2) is 38.6 Å². The number of aryl methyl sites for hydroxylation is 1. The van der Waals surface area contributed by atoms with Crippen LogP contribution >= 0.6 is 11.6 Å². The summed E-state index contributed by atoms with van der Waals surface area (Å²) >= 11 is 5.95. The predicted molar refractivity (Wildman–Crippen MR) is 89.1 cm³/mol. The molecule has 7 nitrogen and oxygen atoms in total. The Bertz CT molecular complexity index is 1150. The van der Waals surface area contributed by atoms with Crippen molar-refractivity contribution in [3.63, 3.8) is 0 Å². The number of alkyl halides is 2. The quantitative estimate of drug-likeness (QED) is 0.592. The van der Waals surface area contributed by atoms with Gasteiger partial charge in [0.25, 0.3) is 5.56 Å². The van der Waals surface area contributed by atoms with E-state index < -0.39 is 35.6 Å². The van der Waals surface area contributed by atoms with Gasteiger partial charge in [-0.1, -0.05) is 11.6 Å². The van der Waals surface area contributed by atoms with Crippen LogP contribution in [0.4, 0.5) is 13.2 Å². The molecule has 0 bridgehead atoms. The summed E-state index contributed by atoms with van der Waals surface area (Å²) in [6, 6.07) is 5.30. The van der Waals surface area contributed by atoms with Crippen LogP contribution in [0.25, 0.3) is 11.5 Å². The van der Waals surface area contributed by atoms with Gasteiger partial charge in [-0.3, -0.25) is 4.79 Å². The average Bonchev–Trinajstić information content (AvgIpc) is 2.56. The van der Waals surface area contributed by atoms with Crippen molar-refractivity contribution in [2.75, 3.05) is 6.93 Å². The van der Waals surface area contributed by atoms with Gasteiger partial charge in [0.15, 0.2) is 0 Å². The first-order chi connectivity index (χ1) is 12.2. The van der Waals surface area contributed by atoms with E-state index >= 15 is 0 Å². The minimum Gasteiger partial charge on any atom is -0.269 e. The van der Waals surface area contributed by atoms with Crippen molar-refractivity contribution in [2.45, 2.75) is 6.92 Å². The van der Waals surface area contributed by atoms with E-state index in [9.17, 15) is 27.6 Å². The second kappa shape index (κ2) is 7.56. The summed E-state index contributed by atoms with van der Waals surface area (Å²) in [6.45, 7) is -0.0266. The Balaban J connectivity index is 0.000000758. The Morgan fingerprint density at radius 2 is 1.77 bits per heavy atom. The first-order valence-electron chi connectivity index (χ1n) is 7.02. The molecule has 0 aliphatic carbocycles. The van der Waals surface area contributed by atoms with Gasteiger partial charge >= 0.3 is 11.4 Å².